The lowest BCUT2D eigenvalue weighted by molar-refractivity contribution is 0.0507. The van der Waals surface area contributed by atoms with Crippen molar-refractivity contribution >= 4 is 23.0 Å². The number of ether oxygens (including phenoxy) is 1. The number of aromatic nitrogens is 1. The maximum absolute atomic E-state index is 12.5. The van der Waals surface area contributed by atoms with Gasteiger partial charge in [0.2, 0.25) is 5.91 Å². The van der Waals surface area contributed by atoms with Crippen LogP contribution >= 0.6 is 0 Å². The zero-order valence-electron chi connectivity index (χ0n) is 11.8. The molecule has 2 rings (SSSR count). The molecule has 6 nitrogen and oxygen atoms in total. The second kappa shape index (κ2) is 5.50. The molecule has 0 saturated carbocycles. The van der Waals surface area contributed by atoms with E-state index in [0.717, 1.165) is 0 Å². The minimum Gasteiger partial charge on any atom is -0.463 e. The Bertz CT molecular complexity index is 639. The molecule has 2 aromatic heterocycles. The van der Waals surface area contributed by atoms with Crippen LogP contribution in [-0.2, 0) is 4.74 Å². The fourth-order valence-corrected chi connectivity index (χ4v) is 1.95. The Morgan fingerprint density at radius 3 is 2.75 bits per heavy atom. The Morgan fingerprint density at radius 1 is 1.45 bits per heavy atom. The topological polar surface area (TPSA) is 87.5 Å². The van der Waals surface area contributed by atoms with Crippen molar-refractivity contribution in [2.75, 3.05) is 6.61 Å². The van der Waals surface area contributed by atoms with Gasteiger partial charge in [-0.1, -0.05) is 13.8 Å². The van der Waals surface area contributed by atoms with E-state index in [4.69, 9.17) is 14.9 Å². The molecular formula is C14H18N2O4. The summed E-state index contributed by atoms with van der Waals surface area (Å²) in [5, 5.41) is 0. The van der Waals surface area contributed by atoms with E-state index in [9.17, 15) is 9.59 Å². The van der Waals surface area contributed by atoms with Gasteiger partial charge in [-0.3, -0.25) is 9.36 Å². The first-order valence-electron chi connectivity index (χ1n) is 6.53. The Hall–Kier alpha value is -2.08. The van der Waals surface area contributed by atoms with Gasteiger partial charge in [0.05, 0.1) is 24.4 Å². The van der Waals surface area contributed by atoms with Crippen LogP contribution in [0.25, 0.3) is 11.1 Å². The lowest BCUT2D eigenvalue weighted by atomic mass is 10.0. The number of fused-ring (bicyclic) bond motifs is 1. The highest BCUT2D eigenvalue weighted by atomic mass is 16.5. The van der Waals surface area contributed by atoms with Gasteiger partial charge in [0.15, 0.2) is 5.58 Å². The number of hydrogen-bond acceptors (Lipinski definition) is 5. The van der Waals surface area contributed by atoms with E-state index in [1.165, 1.54) is 16.9 Å². The highest BCUT2D eigenvalue weighted by molar-refractivity contribution is 6.03. The molecule has 2 heterocycles. The number of nitrogens with zero attached hydrogens (tertiary/aromatic N) is 1. The molecule has 0 bridgehead atoms. The third-order valence-corrected chi connectivity index (χ3v) is 3.13. The maximum Gasteiger partial charge on any atom is 0.355 e. The van der Waals surface area contributed by atoms with Crippen LogP contribution in [0.15, 0.2) is 22.8 Å². The van der Waals surface area contributed by atoms with Gasteiger partial charge in [0, 0.05) is 12.1 Å². The van der Waals surface area contributed by atoms with Gasteiger partial charge >= 0.3 is 5.97 Å². The average molecular weight is 278 g/mol. The molecule has 6 heteroatoms. The minimum atomic E-state index is -0.700. The Balaban J connectivity index is 2.53. The SMILES string of the molecule is CCOC(=O)c1cc2occc2n1C(=O)[C@@H](N)C(C)C. The molecule has 1 atom stereocenters. The highest BCUT2D eigenvalue weighted by Crippen LogP contribution is 2.23. The molecule has 0 spiro atoms. The largest absolute Gasteiger partial charge is 0.463 e. The Kier molecular flexibility index (Phi) is 3.94. The molecule has 2 N–H and O–H groups in total. The van der Waals surface area contributed by atoms with E-state index < -0.39 is 12.0 Å². The monoisotopic (exact) mass is 278 g/mol. The average Bonchev–Trinajstić information content (AvgIpc) is 2.96. The summed E-state index contributed by atoms with van der Waals surface area (Å²) in [5.41, 5.74) is 7.02. The summed E-state index contributed by atoms with van der Waals surface area (Å²) < 4.78 is 11.5. The summed E-state index contributed by atoms with van der Waals surface area (Å²) in [6.07, 6.45) is 1.46. The normalized spacial score (nSPS) is 12.8. The summed E-state index contributed by atoms with van der Waals surface area (Å²) in [5.74, 6) is -0.954. The van der Waals surface area contributed by atoms with Crippen molar-refractivity contribution in [1.29, 1.82) is 0 Å². The highest BCUT2D eigenvalue weighted by Gasteiger charge is 2.27. The third-order valence-electron chi connectivity index (χ3n) is 3.13. The predicted molar refractivity (Wildman–Crippen MR) is 73.6 cm³/mol. The molecule has 20 heavy (non-hydrogen) atoms. The molecule has 0 aliphatic rings. The van der Waals surface area contributed by atoms with Crippen molar-refractivity contribution < 1.29 is 18.7 Å². The standard InChI is InChI=1S/C14H18N2O4/c1-4-19-14(18)10-7-11-9(5-6-20-11)16(10)13(17)12(15)8(2)3/h5-8,12H,4,15H2,1-3H3/t12-/m0/s1. The number of carbonyl (C=O) groups is 2. The number of esters is 1. The molecule has 0 aromatic carbocycles. The van der Waals surface area contributed by atoms with Crippen molar-refractivity contribution in [3.8, 4) is 0 Å². The first-order chi connectivity index (χ1) is 9.47. The van der Waals surface area contributed by atoms with Crippen LogP contribution in [0.3, 0.4) is 0 Å². The fraction of sp³-hybridized carbons (Fsp3) is 0.429. The molecule has 0 saturated heterocycles. The smallest absolute Gasteiger partial charge is 0.355 e. The first kappa shape index (κ1) is 14.3. The summed E-state index contributed by atoms with van der Waals surface area (Å²) in [6, 6.07) is 2.43. The van der Waals surface area contributed by atoms with E-state index in [1.807, 2.05) is 13.8 Å². The Morgan fingerprint density at radius 2 is 2.15 bits per heavy atom. The molecule has 0 unspecified atom stereocenters. The van der Waals surface area contributed by atoms with Crippen LogP contribution in [0.2, 0.25) is 0 Å². The summed E-state index contributed by atoms with van der Waals surface area (Å²) in [6.45, 7) is 5.64. The summed E-state index contributed by atoms with van der Waals surface area (Å²) in [7, 11) is 0. The molecule has 0 fully saturated rings. The van der Waals surface area contributed by atoms with Gasteiger partial charge < -0.3 is 14.9 Å². The van der Waals surface area contributed by atoms with Crippen LogP contribution in [0.4, 0.5) is 0 Å². The summed E-state index contributed by atoms with van der Waals surface area (Å²) >= 11 is 0. The number of hydrogen-bond donors (Lipinski definition) is 1. The predicted octanol–water partition coefficient (Wildman–Crippen LogP) is 2.03. The van der Waals surface area contributed by atoms with E-state index in [0.29, 0.717) is 11.1 Å². The molecule has 0 aliphatic heterocycles. The lowest BCUT2D eigenvalue weighted by Gasteiger charge is -2.16. The second-order valence-corrected chi connectivity index (χ2v) is 4.86. The quantitative estimate of drug-likeness (QED) is 0.865. The number of rotatable bonds is 4. The van der Waals surface area contributed by atoms with Crippen LogP contribution in [0.1, 0.15) is 36.1 Å². The van der Waals surface area contributed by atoms with Crippen LogP contribution in [0, 0.1) is 5.92 Å². The van der Waals surface area contributed by atoms with Gasteiger partial charge in [-0.05, 0) is 12.8 Å². The summed E-state index contributed by atoms with van der Waals surface area (Å²) in [4.78, 5) is 24.4. The maximum atomic E-state index is 12.5. The molecular weight excluding hydrogens is 260 g/mol. The van der Waals surface area contributed by atoms with Gasteiger partial charge in [0.1, 0.15) is 5.69 Å². The molecule has 0 radical (unpaired) electrons. The molecule has 0 amide bonds. The molecule has 0 aliphatic carbocycles. The van der Waals surface area contributed by atoms with Gasteiger partial charge in [0.25, 0.3) is 0 Å². The minimum absolute atomic E-state index is 0.0399. The Labute approximate surface area is 116 Å². The van der Waals surface area contributed by atoms with Crippen molar-refractivity contribution in [3.63, 3.8) is 0 Å². The first-order valence-corrected chi connectivity index (χ1v) is 6.53. The number of furan rings is 1. The van der Waals surface area contributed by atoms with E-state index in [-0.39, 0.29) is 24.1 Å². The van der Waals surface area contributed by atoms with E-state index in [1.54, 1.807) is 13.0 Å². The van der Waals surface area contributed by atoms with Crippen LogP contribution < -0.4 is 5.73 Å². The third kappa shape index (κ3) is 2.34. The number of carbonyl (C=O) groups excluding carboxylic acids is 2. The van der Waals surface area contributed by atoms with Crippen molar-refractivity contribution in [1.82, 2.24) is 4.57 Å². The molecule has 108 valence electrons. The van der Waals surface area contributed by atoms with Crippen LogP contribution in [-0.4, -0.2) is 29.1 Å². The fourth-order valence-electron chi connectivity index (χ4n) is 1.95. The van der Waals surface area contributed by atoms with Crippen molar-refractivity contribution in [2.24, 2.45) is 11.7 Å². The zero-order chi connectivity index (χ0) is 14.9. The van der Waals surface area contributed by atoms with Gasteiger partial charge in [-0.15, -0.1) is 0 Å². The van der Waals surface area contributed by atoms with Crippen LogP contribution in [0.5, 0.6) is 0 Å². The lowest BCUT2D eigenvalue weighted by Crippen LogP contribution is -2.40. The van der Waals surface area contributed by atoms with E-state index in [2.05, 4.69) is 0 Å². The van der Waals surface area contributed by atoms with E-state index >= 15 is 0 Å². The second-order valence-electron chi connectivity index (χ2n) is 4.86. The van der Waals surface area contributed by atoms with Gasteiger partial charge in [-0.25, -0.2) is 4.79 Å². The van der Waals surface area contributed by atoms with Crippen molar-refractivity contribution in [2.45, 2.75) is 26.8 Å². The number of nitrogens with two attached hydrogens (primary N) is 1. The van der Waals surface area contributed by atoms with Gasteiger partial charge in [-0.2, -0.15) is 0 Å². The zero-order valence-corrected chi connectivity index (χ0v) is 11.8. The van der Waals surface area contributed by atoms with Crippen molar-refractivity contribution in [3.05, 3.63) is 24.1 Å². The molecule has 2 aromatic rings.